The normalized spacial score (nSPS) is 19.1. The van der Waals surface area contributed by atoms with E-state index in [1.807, 2.05) is 6.92 Å². The van der Waals surface area contributed by atoms with Crippen molar-refractivity contribution in [3.8, 4) is 5.75 Å². The number of rotatable bonds is 6. The molecule has 1 heterocycles. The predicted octanol–water partition coefficient (Wildman–Crippen LogP) is 2.28. The second-order valence-corrected chi connectivity index (χ2v) is 4.62. The highest BCUT2D eigenvalue weighted by Crippen LogP contribution is 2.17. The largest absolute Gasteiger partial charge is 0.489 e. The first kappa shape index (κ1) is 13.3. The van der Waals surface area contributed by atoms with Crippen molar-refractivity contribution in [3.63, 3.8) is 0 Å². The Labute approximate surface area is 107 Å². The Bertz CT molecular complexity index is 378. The molecular formula is C14H20FNO2. The van der Waals surface area contributed by atoms with Gasteiger partial charge in [0.25, 0.3) is 0 Å². The monoisotopic (exact) mass is 253 g/mol. The van der Waals surface area contributed by atoms with Crippen LogP contribution in [0.1, 0.15) is 18.4 Å². The molecule has 1 unspecified atom stereocenters. The molecule has 0 aliphatic carbocycles. The Hall–Kier alpha value is -1.13. The van der Waals surface area contributed by atoms with Crippen molar-refractivity contribution in [1.82, 2.24) is 5.32 Å². The number of ether oxygens (including phenoxy) is 2. The number of hydrogen-bond donors (Lipinski definition) is 1. The summed E-state index contributed by atoms with van der Waals surface area (Å²) in [6.07, 6.45) is 2.61. The third-order valence-electron chi connectivity index (χ3n) is 3.02. The van der Waals surface area contributed by atoms with Crippen LogP contribution in [0.15, 0.2) is 18.2 Å². The number of nitrogens with one attached hydrogen (secondary N) is 1. The smallest absolute Gasteiger partial charge is 0.165 e. The highest BCUT2D eigenvalue weighted by atomic mass is 19.1. The lowest BCUT2D eigenvalue weighted by atomic mass is 10.2. The van der Waals surface area contributed by atoms with Crippen molar-refractivity contribution in [2.24, 2.45) is 0 Å². The molecule has 0 aromatic heterocycles. The van der Waals surface area contributed by atoms with E-state index in [-0.39, 0.29) is 5.82 Å². The summed E-state index contributed by atoms with van der Waals surface area (Å²) in [4.78, 5) is 0. The maximum absolute atomic E-state index is 13.4. The van der Waals surface area contributed by atoms with Crippen molar-refractivity contribution in [2.45, 2.75) is 25.9 Å². The molecular weight excluding hydrogens is 233 g/mol. The molecule has 1 aromatic rings. The summed E-state index contributed by atoms with van der Waals surface area (Å²) in [6.45, 7) is 4.80. The van der Waals surface area contributed by atoms with E-state index in [0.29, 0.717) is 25.0 Å². The average Bonchev–Trinajstić information content (AvgIpc) is 2.86. The standard InChI is InChI=1S/C14H20FNO2/c1-11-4-5-13(15)14(9-11)18-8-6-16-10-12-3-2-7-17-12/h4-5,9,12,16H,2-3,6-8,10H2,1H3. The van der Waals surface area contributed by atoms with Crippen molar-refractivity contribution in [3.05, 3.63) is 29.6 Å². The van der Waals surface area contributed by atoms with E-state index in [0.717, 1.165) is 31.6 Å². The van der Waals surface area contributed by atoms with Crippen LogP contribution in [0.2, 0.25) is 0 Å². The maximum Gasteiger partial charge on any atom is 0.165 e. The Morgan fingerprint density at radius 3 is 3.17 bits per heavy atom. The number of aryl methyl sites for hydroxylation is 1. The van der Waals surface area contributed by atoms with Crippen molar-refractivity contribution >= 4 is 0 Å². The van der Waals surface area contributed by atoms with Crippen LogP contribution in [0.25, 0.3) is 0 Å². The molecule has 2 rings (SSSR count). The quantitative estimate of drug-likeness (QED) is 0.789. The van der Waals surface area contributed by atoms with Crippen molar-refractivity contribution in [2.75, 3.05) is 26.3 Å². The maximum atomic E-state index is 13.4. The molecule has 1 saturated heterocycles. The minimum atomic E-state index is -0.306. The van der Waals surface area contributed by atoms with Crippen LogP contribution < -0.4 is 10.1 Å². The molecule has 1 aliphatic rings. The van der Waals surface area contributed by atoms with E-state index < -0.39 is 0 Å². The first-order chi connectivity index (χ1) is 8.75. The molecule has 0 saturated carbocycles. The molecule has 0 spiro atoms. The van der Waals surface area contributed by atoms with Gasteiger partial charge in [0, 0.05) is 19.7 Å². The fourth-order valence-electron chi connectivity index (χ4n) is 2.02. The van der Waals surface area contributed by atoms with Gasteiger partial charge < -0.3 is 14.8 Å². The predicted molar refractivity (Wildman–Crippen MR) is 68.5 cm³/mol. The Balaban J connectivity index is 1.64. The number of hydrogen-bond acceptors (Lipinski definition) is 3. The summed E-state index contributed by atoms with van der Waals surface area (Å²) in [5.74, 6) is 0.0219. The van der Waals surface area contributed by atoms with Crippen LogP contribution in [0, 0.1) is 12.7 Å². The molecule has 1 aliphatic heterocycles. The zero-order valence-corrected chi connectivity index (χ0v) is 10.7. The van der Waals surface area contributed by atoms with E-state index in [1.165, 1.54) is 6.07 Å². The molecule has 1 atom stereocenters. The molecule has 1 N–H and O–H groups in total. The molecule has 0 amide bonds. The lowest BCUT2D eigenvalue weighted by molar-refractivity contribution is 0.109. The van der Waals surface area contributed by atoms with Gasteiger partial charge >= 0.3 is 0 Å². The van der Waals surface area contributed by atoms with Gasteiger partial charge in [0.15, 0.2) is 11.6 Å². The lowest BCUT2D eigenvalue weighted by Crippen LogP contribution is -2.29. The van der Waals surface area contributed by atoms with Gasteiger partial charge in [-0.3, -0.25) is 0 Å². The first-order valence-corrected chi connectivity index (χ1v) is 6.47. The second-order valence-electron chi connectivity index (χ2n) is 4.62. The summed E-state index contributed by atoms with van der Waals surface area (Å²) in [5.41, 5.74) is 0.999. The Morgan fingerprint density at radius 1 is 1.50 bits per heavy atom. The minimum Gasteiger partial charge on any atom is -0.489 e. The van der Waals surface area contributed by atoms with Gasteiger partial charge in [-0.05, 0) is 37.5 Å². The van der Waals surface area contributed by atoms with E-state index in [2.05, 4.69) is 5.32 Å². The van der Waals surface area contributed by atoms with E-state index in [1.54, 1.807) is 12.1 Å². The summed E-state index contributed by atoms with van der Waals surface area (Å²) in [7, 11) is 0. The van der Waals surface area contributed by atoms with Crippen LogP contribution >= 0.6 is 0 Å². The fraction of sp³-hybridized carbons (Fsp3) is 0.571. The molecule has 18 heavy (non-hydrogen) atoms. The third-order valence-corrected chi connectivity index (χ3v) is 3.02. The summed E-state index contributed by atoms with van der Waals surface area (Å²) >= 11 is 0. The van der Waals surface area contributed by atoms with Gasteiger partial charge in [-0.1, -0.05) is 6.07 Å². The Kier molecular flexibility index (Phi) is 4.96. The molecule has 0 bridgehead atoms. The van der Waals surface area contributed by atoms with E-state index in [9.17, 15) is 4.39 Å². The zero-order valence-electron chi connectivity index (χ0n) is 10.7. The average molecular weight is 253 g/mol. The Morgan fingerprint density at radius 2 is 2.39 bits per heavy atom. The van der Waals surface area contributed by atoms with Crippen LogP contribution in [0.3, 0.4) is 0 Å². The lowest BCUT2D eigenvalue weighted by Gasteiger charge is -2.12. The number of halogens is 1. The second kappa shape index (κ2) is 6.71. The molecule has 4 heteroatoms. The van der Waals surface area contributed by atoms with E-state index >= 15 is 0 Å². The summed E-state index contributed by atoms with van der Waals surface area (Å²) in [6, 6.07) is 4.89. The third kappa shape index (κ3) is 3.96. The van der Waals surface area contributed by atoms with Crippen molar-refractivity contribution < 1.29 is 13.9 Å². The molecule has 1 aromatic carbocycles. The summed E-state index contributed by atoms with van der Waals surface area (Å²) in [5, 5.41) is 3.26. The minimum absolute atomic E-state index is 0.306. The molecule has 100 valence electrons. The molecule has 3 nitrogen and oxygen atoms in total. The van der Waals surface area contributed by atoms with Gasteiger partial charge in [-0.2, -0.15) is 0 Å². The highest BCUT2D eigenvalue weighted by Gasteiger charge is 2.14. The highest BCUT2D eigenvalue weighted by molar-refractivity contribution is 5.29. The number of benzene rings is 1. The van der Waals surface area contributed by atoms with Gasteiger partial charge in [0.05, 0.1) is 6.10 Å². The van der Waals surface area contributed by atoms with E-state index in [4.69, 9.17) is 9.47 Å². The molecule has 0 radical (unpaired) electrons. The first-order valence-electron chi connectivity index (χ1n) is 6.47. The zero-order chi connectivity index (χ0) is 12.8. The van der Waals surface area contributed by atoms with Crippen LogP contribution in [0.4, 0.5) is 4.39 Å². The van der Waals surface area contributed by atoms with Gasteiger partial charge in [0.1, 0.15) is 6.61 Å². The van der Waals surface area contributed by atoms with Gasteiger partial charge in [-0.15, -0.1) is 0 Å². The van der Waals surface area contributed by atoms with Crippen molar-refractivity contribution in [1.29, 1.82) is 0 Å². The van der Waals surface area contributed by atoms with Crippen LogP contribution in [-0.2, 0) is 4.74 Å². The van der Waals surface area contributed by atoms with Gasteiger partial charge in [0.2, 0.25) is 0 Å². The molecule has 1 fully saturated rings. The van der Waals surface area contributed by atoms with Gasteiger partial charge in [-0.25, -0.2) is 4.39 Å². The SMILES string of the molecule is Cc1ccc(F)c(OCCNCC2CCCO2)c1. The topological polar surface area (TPSA) is 30.5 Å². The summed E-state index contributed by atoms with van der Waals surface area (Å²) < 4.78 is 24.3. The fourth-order valence-corrected chi connectivity index (χ4v) is 2.02. The van der Waals surface area contributed by atoms with Crippen LogP contribution in [0.5, 0.6) is 5.75 Å². The van der Waals surface area contributed by atoms with Crippen LogP contribution in [-0.4, -0.2) is 32.4 Å².